The van der Waals surface area contributed by atoms with Crippen LogP contribution in [0.25, 0.3) is 0 Å². The maximum absolute atomic E-state index is 12.5. The summed E-state index contributed by atoms with van der Waals surface area (Å²) in [7, 11) is -3.69. The number of carbonyl (C=O) groups is 1. The molecule has 2 aromatic carbocycles. The van der Waals surface area contributed by atoms with Crippen LogP contribution in [-0.2, 0) is 10.0 Å². The molecule has 26 heavy (non-hydrogen) atoms. The molecule has 1 amide bonds. The number of amides is 1. The van der Waals surface area contributed by atoms with Gasteiger partial charge in [0.05, 0.1) is 10.6 Å². The second-order valence-corrected chi connectivity index (χ2v) is 8.02. The Bertz CT molecular complexity index is 842. The second kappa shape index (κ2) is 8.85. The van der Waals surface area contributed by atoms with Crippen molar-refractivity contribution in [3.63, 3.8) is 0 Å². The van der Waals surface area contributed by atoms with E-state index in [1.54, 1.807) is 12.1 Å². The molecule has 0 aliphatic heterocycles. The molecular formula is C20H26N2O3S. The van der Waals surface area contributed by atoms with E-state index in [0.717, 1.165) is 18.4 Å². The lowest BCUT2D eigenvalue weighted by molar-refractivity contribution is 0.0946. The smallest absolute Gasteiger partial charge is 0.261 e. The molecule has 0 heterocycles. The molecule has 5 nitrogen and oxygen atoms in total. The van der Waals surface area contributed by atoms with Crippen LogP contribution >= 0.6 is 0 Å². The molecule has 0 aliphatic rings. The Balaban J connectivity index is 2.08. The van der Waals surface area contributed by atoms with Gasteiger partial charge in [-0.05, 0) is 48.7 Å². The number of hydrogen-bond donors (Lipinski definition) is 2. The third kappa shape index (κ3) is 5.08. The lowest BCUT2D eigenvalue weighted by Crippen LogP contribution is -2.28. The number of rotatable bonds is 8. The van der Waals surface area contributed by atoms with Crippen LogP contribution in [0.5, 0.6) is 0 Å². The third-order valence-corrected chi connectivity index (χ3v) is 5.90. The molecule has 0 aromatic heterocycles. The van der Waals surface area contributed by atoms with Gasteiger partial charge in [0.25, 0.3) is 15.9 Å². The quantitative estimate of drug-likeness (QED) is 0.734. The Morgan fingerprint density at radius 3 is 2.19 bits per heavy atom. The van der Waals surface area contributed by atoms with E-state index in [1.165, 1.54) is 24.3 Å². The van der Waals surface area contributed by atoms with Crippen molar-refractivity contribution in [2.24, 2.45) is 5.92 Å². The van der Waals surface area contributed by atoms with E-state index in [9.17, 15) is 13.2 Å². The monoisotopic (exact) mass is 374 g/mol. The molecular weight excluding hydrogens is 348 g/mol. The highest BCUT2D eigenvalue weighted by Crippen LogP contribution is 2.19. The Morgan fingerprint density at radius 1 is 1.00 bits per heavy atom. The predicted molar refractivity (Wildman–Crippen MR) is 105 cm³/mol. The zero-order valence-corrected chi connectivity index (χ0v) is 16.3. The van der Waals surface area contributed by atoms with Gasteiger partial charge in [-0.2, -0.15) is 0 Å². The van der Waals surface area contributed by atoms with Crippen LogP contribution in [0.4, 0.5) is 5.69 Å². The van der Waals surface area contributed by atoms with Crippen LogP contribution in [0.15, 0.2) is 53.4 Å². The van der Waals surface area contributed by atoms with Crippen LogP contribution in [0.2, 0.25) is 0 Å². The normalized spacial score (nSPS) is 11.4. The van der Waals surface area contributed by atoms with Crippen molar-refractivity contribution in [1.29, 1.82) is 0 Å². The minimum atomic E-state index is -3.69. The number of hydrogen-bond acceptors (Lipinski definition) is 3. The van der Waals surface area contributed by atoms with E-state index in [2.05, 4.69) is 23.9 Å². The fourth-order valence-electron chi connectivity index (χ4n) is 2.59. The first kappa shape index (κ1) is 20.0. The first-order valence-electron chi connectivity index (χ1n) is 8.84. The zero-order valence-electron chi connectivity index (χ0n) is 15.5. The van der Waals surface area contributed by atoms with Gasteiger partial charge in [0.2, 0.25) is 0 Å². The molecule has 2 rings (SSSR count). The summed E-state index contributed by atoms with van der Waals surface area (Å²) in [6.07, 6.45) is 2.02. The van der Waals surface area contributed by atoms with Crippen molar-refractivity contribution in [1.82, 2.24) is 5.32 Å². The number of benzene rings is 2. The van der Waals surface area contributed by atoms with E-state index in [4.69, 9.17) is 0 Å². The minimum Gasteiger partial charge on any atom is -0.352 e. The van der Waals surface area contributed by atoms with E-state index in [0.29, 0.717) is 23.7 Å². The van der Waals surface area contributed by atoms with Crippen LogP contribution < -0.4 is 10.0 Å². The fraction of sp³-hybridized carbons (Fsp3) is 0.350. The van der Waals surface area contributed by atoms with Crippen LogP contribution in [-0.4, -0.2) is 20.9 Å². The van der Waals surface area contributed by atoms with Crippen molar-refractivity contribution in [3.8, 4) is 0 Å². The van der Waals surface area contributed by atoms with E-state index in [-0.39, 0.29) is 10.8 Å². The summed E-state index contributed by atoms with van der Waals surface area (Å²) in [4.78, 5) is 12.3. The molecule has 0 spiro atoms. The SMILES string of the molecule is CCC(CC)CNC(=O)c1ccc(S(=O)(=O)Nc2ccccc2C)cc1. The maximum atomic E-state index is 12.5. The van der Waals surface area contributed by atoms with Gasteiger partial charge in [-0.25, -0.2) is 8.42 Å². The summed E-state index contributed by atoms with van der Waals surface area (Å²) >= 11 is 0. The van der Waals surface area contributed by atoms with Gasteiger partial charge < -0.3 is 5.32 Å². The molecule has 2 N–H and O–H groups in total. The lowest BCUT2D eigenvalue weighted by atomic mass is 10.0. The largest absolute Gasteiger partial charge is 0.352 e. The van der Waals surface area contributed by atoms with Gasteiger partial charge in [-0.3, -0.25) is 9.52 Å². The van der Waals surface area contributed by atoms with Crippen molar-refractivity contribution < 1.29 is 13.2 Å². The molecule has 0 unspecified atom stereocenters. The Morgan fingerprint density at radius 2 is 1.62 bits per heavy atom. The molecule has 0 saturated heterocycles. The Hall–Kier alpha value is -2.34. The zero-order chi connectivity index (χ0) is 19.2. The van der Waals surface area contributed by atoms with Crippen molar-refractivity contribution in [3.05, 3.63) is 59.7 Å². The number of carbonyl (C=O) groups excluding carboxylic acids is 1. The predicted octanol–water partition coefficient (Wildman–Crippen LogP) is 3.96. The van der Waals surface area contributed by atoms with E-state index < -0.39 is 10.0 Å². The molecule has 0 bridgehead atoms. The molecule has 0 atom stereocenters. The summed E-state index contributed by atoms with van der Waals surface area (Å²) in [6.45, 7) is 6.66. The van der Waals surface area contributed by atoms with E-state index in [1.807, 2.05) is 19.1 Å². The summed E-state index contributed by atoms with van der Waals surface area (Å²) in [5, 5.41) is 2.90. The maximum Gasteiger partial charge on any atom is 0.261 e. The highest BCUT2D eigenvalue weighted by molar-refractivity contribution is 7.92. The molecule has 140 valence electrons. The highest BCUT2D eigenvalue weighted by Gasteiger charge is 2.16. The number of aryl methyl sites for hydroxylation is 1. The van der Waals surface area contributed by atoms with Gasteiger partial charge in [0, 0.05) is 12.1 Å². The average Bonchev–Trinajstić information content (AvgIpc) is 2.64. The standard InChI is InChI=1S/C20H26N2O3S/c1-4-16(5-2)14-21-20(23)17-10-12-18(13-11-17)26(24,25)22-19-9-7-6-8-15(19)3/h6-13,16,22H,4-5,14H2,1-3H3,(H,21,23). The summed E-state index contributed by atoms with van der Waals surface area (Å²) in [6, 6.07) is 13.2. The van der Waals surface area contributed by atoms with Crippen molar-refractivity contribution >= 4 is 21.6 Å². The minimum absolute atomic E-state index is 0.122. The first-order valence-corrected chi connectivity index (χ1v) is 10.3. The van der Waals surface area contributed by atoms with Crippen molar-refractivity contribution in [2.45, 2.75) is 38.5 Å². The molecule has 0 aliphatic carbocycles. The van der Waals surface area contributed by atoms with Gasteiger partial charge in [-0.1, -0.05) is 44.9 Å². The summed E-state index contributed by atoms with van der Waals surface area (Å²) in [5.41, 5.74) is 1.83. The lowest BCUT2D eigenvalue weighted by Gasteiger charge is -2.13. The molecule has 0 fully saturated rings. The van der Waals surface area contributed by atoms with Gasteiger partial charge >= 0.3 is 0 Å². The van der Waals surface area contributed by atoms with E-state index >= 15 is 0 Å². The number of nitrogens with one attached hydrogen (secondary N) is 2. The topological polar surface area (TPSA) is 75.3 Å². The summed E-state index contributed by atoms with van der Waals surface area (Å²) < 4.78 is 27.6. The highest BCUT2D eigenvalue weighted by atomic mass is 32.2. The molecule has 0 saturated carbocycles. The Kier molecular flexibility index (Phi) is 6.80. The first-order chi connectivity index (χ1) is 12.4. The Labute approximate surface area is 155 Å². The number of sulfonamides is 1. The third-order valence-electron chi connectivity index (χ3n) is 4.52. The van der Waals surface area contributed by atoms with Gasteiger partial charge in [0.15, 0.2) is 0 Å². The van der Waals surface area contributed by atoms with Crippen LogP contribution in [0.1, 0.15) is 42.6 Å². The fourth-order valence-corrected chi connectivity index (χ4v) is 3.72. The number of anilines is 1. The van der Waals surface area contributed by atoms with Crippen LogP contribution in [0, 0.1) is 12.8 Å². The van der Waals surface area contributed by atoms with Gasteiger partial charge in [-0.15, -0.1) is 0 Å². The molecule has 0 radical (unpaired) electrons. The second-order valence-electron chi connectivity index (χ2n) is 6.34. The summed E-state index contributed by atoms with van der Waals surface area (Å²) in [5.74, 6) is 0.268. The molecule has 6 heteroatoms. The van der Waals surface area contributed by atoms with Crippen molar-refractivity contribution in [2.75, 3.05) is 11.3 Å². The van der Waals surface area contributed by atoms with Crippen LogP contribution in [0.3, 0.4) is 0 Å². The molecule has 2 aromatic rings. The average molecular weight is 375 g/mol. The van der Waals surface area contributed by atoms with Gasteiger partial charge in [0.1, 0.15) is 0 Å². The number of para-hydroxylation sites is 1.